The first kappa shape index (κ1) is 44.3. The first-order chi connectivity index (χ1) is 16.6. The third kappa shape index (κ3) is 33.3. The zero-order valence-corrected chi connectivity index (χ0v) is 25.2. The third-order valence-electron chi connectivity index (χ3n) is 2.85. The SMILES string of the molecule is C/C=C/C=O.CC(=O)O.CC(=O)[O-].CCOC(=O)C(Cl)C(C)=O.CCOC(=O)c1c(C)cccc1O.[Na+]. The van der Waals surface area contributed by atoms with Gasteiger partial charge in [0, 0.05) is 12.9 Å². The molecule has 1 aromatic carbocycles. The molecule has 0 radical (unpaired) electrons. The van der Waals surface area contributed by atoms with Gasteiger partial charge in [0.1, 0.15) is 17.6 Å². The van der Waals surface area contributed by atoms with Crippen molar-refractivity contribution in [3.8, 4) is 5.75 Å². The summed E-state index contributed by atoms with van der Waals surface area (Å²) in [5.74, 6) is -3.48. The molecule has 1 unspecified atom stereocenters. The summed E-state index contributed by atoms with van der Waals surface area (Å²) in [6.07, 6.45) is 3.88. The van der Waals surface area contributed by atoms with E-state index >= 15 is 0 Å². The summed E-state index contributed by atoms with van der Waals surface area (Å²) in [5, 5.41) is 24.6. The number of esters is 2. The molecule has 0 aliphatic heterocycles. The number of hydrogen-bond acceptors (Lipinski definition) is 10. The first-order valence-corrected chi connectivity index (χ1v) is 10.8. The number of Topliss-reactive ketones (excluding diaryl/α,β-unsaturated/α-hetero) is 1. The number of phenolic OH excluding ortho intramolecular Hbond substituents is 1. The maximum absolute atomic E-state index is 11.3. The number of aromatic hydroxyl groups is 1. The number of carboxylic acid groups (broad SMARTS) is 2. The summed E-state index contributed by atoms with van der Waals surface area (Å²) in [5.41, 5.74) is 0.975. The third-order valence-corrected chi connectivity index (χ3v) is 3.34. The molecule has 204 valence electrons. The summed E-state index contributed by atoms with van der Waals surface area (Å²) in [4.78, 5) is 59.5. The molecular weight excluding hydrogens is 523 g/mol. The van der Waals surface area contributed by atoms with Gasteiger partial charge in [-0.1, -0.05) is 18.2 Å². The van der Waals surface area contributed by atoms with E-state index in [-0.39, 0.29) is 53.3 Å². The topological polar surface area (TPSA) is 184 Å². The van der Waals surface area contributed by atoms with Crippen molar-refractivity contribution in [2.24, 2.45) is 0 Å². The van der Waals surface area contributed by atoms with Crippen LogP contribution in [0, 0.1) is 6.92 Å². The molecule has 1 rings (SSSR count). The number of carboxylic acids is 2. The predicted molar refractivity (Wildman–Crippen MR) is 131 cm³/mol. The van der Waals surface area contributed by atoms with Crippen molar-refractivity contribution in [3.05, 3.63) is 41.5 Å². The van der Waals surface area contributed by atoms with Gasteiger partial charge in [-0.3, -0.25) is 14.4 Å². The van der Waals surface area contributed by atoms with Gasteiger partial charge < -0.3 is 29.6 Å². The van der Waals surface area contributed by atoms with Crippen molar-refractivity contribution in [2.75, 3.05) is 13.2 Å². The number of aryl methyl sites for hydroxylation is 1. The van der Waals surface area contributed by atoms with E-state index in [1.54, 1.807) is 45.9 Å². The number of rotatable bonds is 6. The number of carbonyl (C=O) groups is 6. The number of aliphatic carboxylic acids is 2. The van der Waals surface area contributed by atoms with Gasteiger partial charge in [-0.15, -0.1) is 11.6 Å². The molecule has 1 atom stereocenters. The minimum absolute atomic E-state index is 0. The van der Waals surface area contributed by atoms with Gasteiger partial charge in [-0.2, -0.15) is 0 Å². The molecule has 0 saturated heterocycles. The van der Waals surface area contributed by atoms with E-state index in [2.05, 4.69) is 4.74 Å². The molecule has 0 bridgehead atoms. The summed E-state index contributed by atoms with van der Waals surface area (Å²) >= 11 is 5.32. The van der Waals surface area contributed by atoms with Gasteiger partial charge in [0.15, 0.2) is 11.2 Å². The van der Waals surface area contributed by atoms with Gasteiger partial charge in [0.25, 0.3) is 5.97 Å². The zero-order chi connectivity index (χ0) is 29.3. The second kappa shape index (κ2) is 29.5. The van der Waals surface area contributed by atoms with Crippen molar-refractivity contribution < 1.29 is 83.1 Å². The van der Waals surface area contributed by atoms with Crippen LogP contribution in [0.5, 0.6) is 5.75 Å². The van der Waals surface area contributed by atoms with E-state index in [1.807, 2.05) is 0 Å². The quantitative estimate of drug-likeness (QED) is 0.112. The van der Waals surface area contributed by atoms with Crippen LogP contribution in [0.25, 0.3) is 0 Å². The Hall–Kier alpha value is -2.73. The van der Waals surface area contributed by atoms with Gasteiger partial charge in [-0.25, -0.2) is 9.59 Å². The van der Waals surface area contributed by atoms with Gasteiger partial charge >= 0.3 is 41.5 Å². The summed E-state index contributed by atoms with van der Waals surface area (Å²) in [6, 6.07) is 4.92. The number of ether oxygens (including phenoxy) is 2. The van der Waals surface area contributed by atoms with E-state index in [1.165, 1.54) is 19.1 Å². The minimum atomic E-state index is -1.14. The second-order valence-electron chi connectivity index (χ2n) is 6.09. The smallest absolute Gasteiger partial charge is 0.550 e. The predicted octanol–water partition coefficient (Wildman–Crippen LogP) is -0.764. The summed E-state index contributed by atoms with van der Waals surface area (Å²) < 4.78 is 9.26. The second-order valence-corrected chi connectivity index (χ2v) is 6.52. The Balaban J connectivity index is -0.000000126. The Morgan fingerprint density at radius 2 is 1.49 bits per heavy atom. The van der Waals surface area contributed by atoms with Crippen molar-refractivity contribution in [2.45, 2.75) is 53.8 Å². The fourth-order valence-corrected chi connectivity index (χ4v) is 1.64. The molecule has 2 N–H and O–H groups in total. The van der Waals surface area contributed by atoms with Crippen LogP contribution in [-0.4, -0.2) is 64.8 Å². The Kier molecular flexibility index (Phi) is 35.3. The van der Waals surface area contributed by atoms with Crippen molar-refractivity contribution in [3.63, 3.8) is 0 Å². The van der Waals surface area contributed by atoms with Crippen LogP contribution in [-0.2, 0) is 33.4 Å². The first-order valence-electron chi connectivity index (χ1n) is 10.3. The standard InChI is InChI=1S/C10H12O3.C6H9ClO3.C4H6O.2C2H4O2.Na/c1-3-13-10(12)9-7(2)5-4-6-8(9)11;1-3-10-6(9)5(7)4(2)8;1-2-3-4-5;2*1-2(3)4;/h4-6,11H,3H2,1-2H3;5H,3H2,1-2H3;2-4H,1H3;2*1H3,(H,3,4);/q;;;;;+1/p-1/b;;3-2+;;;. The number of carbonyl (C=O) groups excluding carboxylic acids is 5. The van der Waals surface area contributed by atoms with E-state index in [0.717, 1.165) is 25.7 Å². The minimum Gasteiger partial charge on any atom is -0.550 e. The number of allylic oxidation sites excluding steroid dienone is 2. The fourth-order valence-electron chi connectivity index (χ4n) is 1.58. The van der Waals surface area contributed by atoms with Gasteiger partial charge in [-0.05, 0) is 59.2 Å². The molecule has 0 aliphatic carbocycles. The number of hydrogen-bond donors (Lipinski definition) is 2. The maximum atomic E-state index is 11.3. The van der Waals surface area contributed by atoms with Crippen LogP contribution < -0.4 is 34.7 Å². The number of alkyl halides is 1. The Labute approximate surface area is 244 Å². The van der Waals surface area contributed by atoms with Crippen LogP contribution in [0.3, 0.4) is 0 Å². The average Bonchev–Trinajstić information content (AvgIpc) is 2.74. The molecule has 0 amide bonds. The van der Waals surface area contributed by atoms with Crippen LogP contribution in [0.4, 0.5) is 0 Å². The number of ketones is 1. The van der Waals surface area contributed by atoms with Crippen molar-refractivity contribution >= 4 is 47.5 Å². The monoisotopic (exact) mass is 556 g/mol. The van der Waals surface area contributed by atoms with E-state index in [4.69, 9.17) is 36.1 Å². The number of phenols is 1. The molecule has 0 aromatic heterocycles. The molecule has 0 heterocycles. The molecule has 37 heavy (non-hydrogen) atoms. The molecule has 0 fully saturated rings. The molecule has 0 aliphatic rings. The Morgan fingerprint density at radius 1 is 1.05 bits per heavy atom. The van der Waals surface area contributed by atoms with Crippen molar-refractivity contribution in [1.82, 2.24) is 0 Å². The maximum Gasteiger partial charge on any atom is 1.00 e. The number of benzene rings is 1. The van der Waals surface area contributed by atoms with E-state index in [0.29, 0.717) is 6.61 Å². The van der Waals surface area contributed by atoms with Crippen LogP contribution in [0.1, 0.15) is 57.5 Å². The number of halogens is 1. The summed E-state index contributed by atoms with van der Waals surface area (Å²) in [6.45, 7) is 10.8. The molecule has 13 heteroatoms. The Morgan fingerprint density at radius 3 is 1.76 bits per heavy atom. The molecule has 0 spiro atoms. The fraction of sp³-hybridized carbons (Fsp3) is 0.417. The van der Waals surface area contributed by atoms with Crippen LogP contribution in [0.2, 0.25) is 0 Å². The molecule has 1 aromatic rings. The summed E-state index contributed by atoms with van der Waals surface area (Å²) in [7, 11) is 0. The molecule has 11 nitrogen and oxygen atoms in total. The zero-order valence-electron chi connectivity index (χ0n) is 22.4. The van der Waals surface area contributed by atoms with Gasteiger partial charge in [0.05, 0.1) is 13.2 Å². The van der Waals surface area contributed by atoms with Gasteiger partial charge in [0.2, 0.25) is 0 Å². The normalized spacial score (nSPS) is 9.30. The largest absolute Gasteiger partial charge is 1.00 e. The molecular formula is C24H34ClNaO11. The van der Waals surface area contributed by atoms with E-state index in [9.17, 15) is 24.3 Å². The Bertz CT molecular complexity index is 815. The number of aldehydes is 1. The van der Waals surface area contributed by atoms with Crippen LogP contribution in [0.15, 0.2) is 30.4 Å². The van der Waals surface area contributed by atoms with Crippen LogP contribution >= 0.6 is 11.6 Å². The van der Waals surface area contributed by atoms with E-state index < -0.39 is 29.3 Å². The average molecular weight is 557 g/mol. The molecule has 0 saturated carbocycles. The van der Waals surface area contributed by atoms with Crippen molar-refractivity contribution in [1.29, 1.82) is 0 Å².